The molecule has 0 unspecified atom stereocenters. The molecular formula is C10H10Li2O6S2. The zero-order valence-corrected chi connectivity index (χ0v) is 12.4. The second-order valence-electron chi connectivity index (χ2n) is 3.56. The summed E-state index contributed by atoms with van der Waals surface area (Å²) in [6.45, 7) is 0. The molecule has 100 valence electrons. The molecule has 6 nitrogen and oxygen atoms in total. The largest absolute Gasteiger partial charge is 1.00 e. The minimum Gasteiger partial charge on any atom is -1.00 e. The summed E-state index contributed by atoms with van der Waals surface area (Å²) in [5.74, 6) is 0. The quantitative estimate of drug-likeness (QED) is 0.428. The minimum atomic E-state index is -4.47. The molecule has 2 aromatic carbocycles. The molecule has 20 heavy (non-hydrogen) atoms. The molecule has 2 rings (SSSR count). The molecule has 0 amide bonds. The first-order chi connectivity index (χ1) is 8.21. The van der Waals surface area contributed by atoms with Crippen LogP contribution in [-0.2, 0) is 20.2 Å². The first-order valence-corrected chi connectivity index (χ1v) is 7.56. The summed E-state index contributed by atoms with van der Waals surface area (Å²) in [5.41, 5.74) is 0. The van der Waals surface area contributed by atoms with Crippen molar-refractivity contribution in [2.75, 3.05) is 0 Å². The molecule has 0 aromatic heterocycles. The number of hydrogen-bond donors (Lipinski definition) is 2. The Morgan fingerprint density at radius 2 is 1.00 bits per heavy atom. The van der Waals surface area contributed by atoms with Gasteiger partial charge in [-0.05, 0) is 12.1 Å². The van der Waals surface area contributed by atoms with Crippen LogP contribution >= 0.6 is 0 Å². The first-order valence-electron chi connectivity index (χ1n) is 4.68. The molecule has 0 spiro atoms. The van der Waals surface area contributed by atoms with Gasteiger partial charge in [-0.3, -0.25) is 9.11 Å². The molecule has 0 aliphatic heterocycles. The van der Waals surface area contributed by atoms with Crippen LogP contribution < -0.4 is 37.7 Å². The van der Waals surface area contributed by atoms with Crippen molar-refractivity contribution in [2.24, 2.45) is 0 Å². The van der Waals surface area contributed by atoms with Gasteiger partial charge in [0.25, 0.3) is 20.2 Å². The van der Waals surface area contributed by atoms with Crippen LogP contribution in [0.5, 0.6) is 0 Å². The van der Waals surface area contributed by atoms with Gasteiger partial charge >= 0.3 is 37.7 Å². The van der Waals surface area contributed by atoms with E-state index in [4.69, 9.17) is 9.11 Å². The fourth-order valence-electron chi connectivity index (χ4n) is 1.70. The van der Waals surface area contributed by atoms with Gasteiger partial charge in [0, 0.05) is 10.8 Å². The normalized spacial score (nSPS) is 11.5. The molecule has 0 radical (unpaired) electrons. The topological polar surface area (TPSA) is 109 Å². The van der Waals surface area contributed by atoms with Gasteiger partial charge in [0.05, 0.1) is 0 Å². The van der Waals surface area contributed by atoms with Gasteiger partial charge in [-0.25, -0.2) is 0 Å². The molecule has 0 aliphatic rings. The van der Waals surface area contributed by atoms with Crippen LogP contribution in [0.15, 0.2) is 46.2 Å². The molecule has 0 heterocycles. The van der Waals surface area contributed by atoms with Gasteiger partial charge in [0.2, 0.25) is 0 Å². The van der Waals surface area contributed by atoms with E-state index in [1.165, 1.54) is 24.3 Å². The van der Waals surface area contributed by atoms with Crippen molar-refractivity contribution in [3.05, 3.63) is 36.4 Å². The van der Waals surface area contributed by atoms with Crippen LogP contribution in [0.3, 0.4) is 0 Å². The Morgan fingerprint density at radius 1 is 0.700 bits per heavy atom. The maximum atomic E-state index is 11.2. The van der Waals surface area contributed by atoms with Crippen molar-refractivity contribution in [3.63, 3.8) is 0 Å². The third kappa shape index (κ3) is 3.88. The Hall–Kier alpha value is -0.285. The number of benzene rings is 2. The molecule has 2 aromatic rings. The van der Waals surface area contributed by atoms with Gasteiger partial charge < -0.3 is 2.85 Å². The Kier molecular flexibility index (Phi) is 6.56. The Bertz CT molecular complexity index is 768. The van der Waals surface area contributed by atoms with E-state index in [0.29, 0.717) is 0 Å². The van der Waals surface area contributed by atoms with E-state index in [1.54, 1.807) is 0 Å². The van der Waals surface area contributed by atoms with Crippen molar-refractivity contribution in [3.8, 4) is 0 Å². The summed E-state index contributed by atoms with van der Waals surface area (Å²) >= 11 is 0. The smallest absolute Gasteiger partial charge is 1.00 e. The third-order valence-electron chi connectivity index (χ3n) is 2.40. The zero-order valence-electron chi connectivity index (χ0n) is 12.8. The SMILES string of the molecule is O=S(=O)(O)c1cccc2c(S(=O)(=O)O)cccc12.[H-].[H-].[Li+].[Li+]. The predicted molar refractivity (Wildman–Crippen MR) is 65.8 cm³/mol. The van der Waals surface area contributed by atoms with E-state index < -0.39 is 30.0 Å². The van der Waals surface area contributed by atoms with Crippen molar-refractivity contribution in [2.45, 2.75) is 9.79 Å². The van der Waals surface area contributed by atoms with Gasteiger partial charge in [0.15, 0.2) is 0 Å². The average molecular weight is 304 g/mol. The van der Waals surface area contributed by atoms with Crippen LogP contribution in [0.2, 0.25) is 0 Å². The van der Waals surface area contributed by atoms with Crippen molar-refractivity contribution in [1.29, 1.82) is 0 Å². The maximum absolute atomic E-state index is 11.2. The second kappa shape index (κ2) is 6.65. The molecule has 0 atom stereocenters. The molecule has 0 aliphatic carbocycles. The summed E-state index contributed by atoms with van der Waals surface area (Å²) in [4.78, 5) is -0.823. The first kappa shape index (κ1) is 19.7. The molecule has 2 N–H and O–H groups in total. The Morgan fingerprint density at radius 3 is 1.25 bits per heavy atom. The van der Waals surface area contributed by atoms with E-state index in [1.807, 2.05) is 0 Å². The van der Waals surface area contributed by atoms with E-state index in [-0.39, 0.29) is 51.3 Å². The van der Waals surface area contributed by atoms with Crippen molar-refractivity contribution in [1.82, 2.24) is 0 Å². The standard InChI is InChI=1S/C10H8O6S2.2Li.2H/c11-17(12,13)9-5-1-3-7-8(9)4-2-6-10(7)18(14,15)16;;;;/h1-6H,(H,11,12,13)(H,14,15,16);;;;/q;2*+1;2*-1. The molecule has 10 heteroatoms. The minimum absolute atomic E-state index is 0. The number of fused-ring (bicyclic) bond motifs is 1. The van der Waals surface area contributed by atoms with Crippen LogP contribution in [0, 0.1) is 0 Å². The number of rotatable bonds is 2. The zero-order chi connectivity index (χ0) is 13.6. The Balaban J connectivity index is -0.000000902. The summed E-state index contributed by atoms with van der Waals surface area (Å²) in [7, 11) is -8.94. The molecule has 0 saturated carbocycles. The summed E-state index contributed by atoms with van der Waals surface area (Å²) in [5, 5.41) is 0.0465. The maximum Gasteiger partial charge on any atom is 1.00 e. The van der Waals surface area contributed by atoms with Crippen molar-refractivity contribution < 1.29 is 66.5 Å². The molecule has 0 saturated heterocycles. The monoisotopic (exact) mass is 304 g/mol. The van der Waals surface area contributed by atoms with Crippen LogP contribution in [-0.4, -0.2) is 25.9 Å². The summed E-state index contributed by atoms with van der Waals surface area (Å²) in [6.07, 6.45) is 0. The fraction of sp³-hybridized carbons (Fsp3) is 0. The summed E-state index contributed by atoms with van der Waals surface area (Å²) < 4.78 is 62.7. The fourth-order valence-corrected chi connectivity index (χ4v) is 3.12. The van der Waals surface area contributed by atoms with E-state index in [2.05, 4.69) is 0 Å². The summed E-state index contributed by atoms with van der Waals surface area (Å²) in [6, 6.07) is 7.53. The molecular weight excluding hydrogens is 294 g/mol. The average Bonchev–Trinajstić information content (AvgIpc) is 2.24. The van der Waals surface area contributed by atoms with E-state index in [0.717, 1.165) is 12.1 Å². The Labute approximate surface area is 143 Å². The van der Waals surface area contributed by atoms with Crippen LogP contribution in [0.4, 0.5) is 0 Å². The van der Waals surface area contributed by atoms with E-state index in [9.17, 15) is 16.8 Å². The van der Waals surface area contributed by atoms with E-state index >= 15 is 0 Å². The second-order valence-corrected chi connectivity index (χ2v) is 6.34. The third-order valence-corrected chi connectivity index (χ3v) is 4.22. The molecule has 0 bridgehead atoms. The van der Waals surface area contributed by atoms with Crippen LogP contribution in [0.25, 0.3) is 10.8 Å². The van der Waals surface area contributed by atoms with Gasteiger partial charge in [-0.2, -0.15) is 16.8 Å². The van der Waals surface area contributed by atoms with Crippen molar-refractivity contribution >= 4 is 31.0 Å². The van der Waals surface area contributed by atoms with Gasteiger partial charge in [-0.15, -0.1) is 0 Å². The van der Waals surface area contributed by atoms with Gasteiger partial charge in [0.1, 0.15) is 9.79 Å². The number of hydrogen-bond acceptors (Lipinski definition) is 4. The molecule has 0 fully saturated rings. The van der Waals surface area contributed by atoms with Gasteiger partial charge in [-0.1, -0.05) is 24.3 Å². The van der Waals surface area contributed by atoms with Crippen LogP contribution in [0.1, 0.15) is 2.85 Å². The predicted octanol–water partition coefficient (Wildman–Crippen LogP) is -4.43.